The highest BCUT2D eigenvalue weighted by Crippen LogP contribution is 2.66. The van der Waals surface area contributed by atoms with Crippen molar-refractivity contribution in [3.8, 4) is 5.75 Å². The Kier molecular flexibility index (Phi) is 4.28. The van der Waals surface area contributed by atoms with E-state index in [1.165, 1.54) is 48.2 Å². The lowest BCUT2D eigenvalue weighted by atomic mass is 9.42. The van der Waals surface area contributed by atoms with Crippen LogP contribution in [-0.2, 0) is 23.1 Å². The summed E-state index contributed by atoms with van der Waals surface area (Å²) in [5.41, 5.74) is 2.55. The summed E-state index contributed by atoms with van der Waals surface area (Å²) in [6.07, 6.45) is 11.5. The molecule has 5 aliphatic carbocycles. The Morgan fingerprint density at radius 1 is 1.10 bits per heavy atom. The van der Waals surface area contributed by atoms with Gasteiger partial charge in [-0.3, -0.25) is 4.79 Å². The number of benzene rings is 1. The number of aromatic nitrogens is 1. The van der Waals surface area contributed by atoms with Crippen molar-refractivity contribution in [3.63, 3.8) is 0 Å². The van der Waals surface area contributed by atoms with Crippen molar-refractivity contribution >= 4 is 22.4 Å². The number of carbonyl (C=O) groups excluding carboxylic acids is 1. The molecule has 4 nitrogen and oxygen atoms in total. The maximum atomic E-state index is 13.7. The largest absolute Gasteiger partial charge is 0.497 e. The van der Waals surface area contributed by atoms with Gasteiger partial charge in [-0.2, -0.15) is 0 Å². The summed E-state index contributed by atoms with van der Waals surface area (Å²) in [4.78, 5) is 19.9. The molecule has 30 heavy (non-hydrogen) atoms. The van der Waals surface area contributed by atoms with E-state index in [2.05, 4.69) is 29.6 Å². The van der Waals surface area contributed by atoms with E-state index in [0.717, 1.165) is 43.0 Å². The Morgan fingerprint density at radius 2 is 1.83 bits per heavy atom. The van der Waals surface area contributed by atoms with Crippen molar-refractivity contribution in [3.05, 3.63) is 40.4 Å². The minimum Gasteiger partial charge on any atom is -0.497 e. The highest BCUT2D eigenvalue weighted by atomic mass is 32.1. The molecule has 4 saturated carbocycles. The normalized spacial score (nSPS) is 33.9. The Hall–Kier alpha value is -1.88. The molecule has 1 aromatic heterocycles. The molecular weight excluding hydrogens is 392 g/mol. The lowest BCUT2D eigenvalue weighted by molar-refractivity contribution is -0.143. The average Bonchev–Trinajstić information content (AvgIpc) is 3.15. The van der Waals surface area contributed by atoms with Gasteiger partial charge < -0.3 is 10.1 Å². The van der Waals surface area contributed by atoms with Crippen LogP contribution in [0.5, 0.6) is 5.75 Å². The Balaban J connectivity index is 1.29. The molecule has 0 aliphatic heterocycles. The summed E-state index contributed by atoms with van der Waals surface area (Å²) in [7, 11) is 1.72. The minimum absolute atomic E-state index is 0.149. The first-order chi connectivity index (χ1) is 14.6. The van der Waals surface area contributed by atoms with Gasteiger partial charge in [0.25, 0.3) is 0 Å². The molecule has 1 heterocycles. The number of ether oxygens (including phenoxy) is 1. The maximum absolute atomic E-state index is 13.7. The number of nitrogens with one attached hydrogen (secondary N) is 1. The monoisotopic (exact) mass is 422 g/mol. The molecule has 2 atom stereocenters. The number of rotatable bonds is 4. The van der Waals surface area contributed by atoms with Crippen LogP contribution >= 0.6 is 11.3 Å². The van der Waals surface area contributed by atoms with Gasteiger partial charge in [0.15, 0.2) is 5.13 Å². The zero-order valence-corrected chi connectivity index (χ0v) is 18.5. The van der Waals surface area contributed by atoms with Crippen molar-refractivity contribution in [2.75, 3.05) is 12.4 Å². The Bertz CT molecular complexity index is 942. The predicted octanol–water partition coefficient (Wildman–Crippen LogP) is 5.51. The third-order valence-corrected chi connectivity index (χ3v) is 9.38. The smallest absolute Gasteiger partial charge is 0.232 e. The summed E-state index contributed by atoms with van der Waals surface area (Å²) in [6, 6.07) is 8.65. The first kappa shape index (κ1) is 18.9. The number of methoxy groups -OCH3 is 1. The fraction of sp³-hybridized carbons (Fsp3) is 0.600. The quantitative estimate of drug-likeness (QED) is 0.707. The number of nitrogens with zero attached hydrogens (tertiary/aromatic N) is 1. The van der Waals surface area contributed by atoms with E-state index in [0.29, 0.717) is 11.8 Å². The van der Waals surface area contributed by atoms with E-state index < -0.39 is 0 Å². The topological polar surface area (TPSA) is 51.2 Å². The van der Waals surface area contributed by atoms with Gasteiger partial charge in [-0.25, -0.2) is 4.98 Å². The van der Waals surface area contributed by atoms with Crippen LogP contribution in [0.15, 0.2) is 24.3 Å². The standard InChI is InChI=1S/C25H30N2O2S/c1-29-19-8-6-18(7-9-19)24-11-16-10-17(12-24)14-25(13-16,15-24)22(28)27-23-26-20-4-2-3-5-21(20)30-23/h6-9,16-17H,2-5,10-15H2,1H3,(H,26,27,28). The van der Waals surface area contributed by atoms with Crippen molar-refractivity contribution in [2.24, 2.45) is 17.3 Å². The number of thiazole rings is 1. The van der Waals surface area contributed by atoms with Gasteiger partial charge in [0.05, 0.1) is 18.2 Å². The minimum atomic E-state index is -0.226. The summed E-state index contributed by atoms with van der Waals surface area (Å²) < 4.78 is 5.38. The number of hydrogen-bond acceptors (Lipinski definition) is 4. The average molecular weight is 423 g/mol. The molecule has 0 saturated heterocycles. The van der Waals surface area contributed by atoms with Crippen LogP contribution in [0, 0.1) is 17.3 Å². The van der Waals surface area contributed by atoms with Crippen LogP contribution < -0.4 is 10.1 Å². The molecule has 0 radical (unpaired) electrons. The van der Waals surface area contributed by atoms with E-state index in [4.69, 9.17) is 9.72 Å². The second kappa shape index (κ2) is 6.81. The molecule has 1 amide bonds. The first-order valence-corrected chi connectivity index (χ1v) is 12.3. The molecular formula is C25H30N2O2S. The second-order valence-electron chi connectivity index (χ2n) is 10.3. The van der Waals surface area contributed by atoms with E-state index >= 15 is 0 Å². The lowest BCUT2D eigenvalue weighted by Crippen LogP contribution is -2.57. The third-order valence-electron chi connectivity index (χ3n) is 8.31. The number of amides is 1. The molecule has 7 rings (SSSR count). The van der Waals surface area contributed by atoms with Gasteiger partial charge in [-0.1, -0.05) is 12.1 Å². The molecule has 1 N–H and O–H groups in total. The number of aryl methyl sites for hydroxylation is 2. The number of carbonyl (C=O) groups is 1. The van der Waals surface area contributed by atoms with Gasteiger partial charge >= 0.3 is 0 Å². The van der Waals surface area contributed by atoms with Gasteiger partial charge in [0.1, 0.15) is 5.75 Å². The van der Waals surface area contributed by atoms with Gasteiger partial charge in [0, 0.05) is 4.88 Å². The van der Waals surface area contributed by atoms with E-state index in [9.17, 15) is 4.79 Å². The number of anilines is 1. The van der Waals surface area contributed by atoms with Gasteiger partial charge in [-0.05, 0) is 99.2 Å². The molecule has 0 spiro atoms. The third kappa shape index (κ3) is 2.92. The van der Waals surface area contributed by atoms with Gasteiger partial charge in [0.2, 0.25) is 5.91 Å². The zero-order chi connectivity index (χ0) is 20.3. The first-order valence-electron chi connectivity index (χ1n) is 11.5. The molecule has 5 heteroatoms. The molecule has 158 valence electrons. The predicted molar refractivity (Wildman–Crippen MR) is 119 cm³/mol. The van der Waals surface area contributed by atoms with E-state index in [1.54, 1.807) is 18.4 Å². The van der Waals surface area contributed by atoms with Crippen LogP contribution in [0.4, 0.5) is 5.13 Å². The molecule has 2 aromatic rings. The van der Waals surface area contributed by atoms with Crippen molar-refractivity contribution < 1.29 is 9.53 Å². The number of fused-ring (bicyclic) bond motifs is 1. The summed E-state index contributed by atoms with van der Waals surface area (Å²) in [5, 5.41) is 4.13. The van der Waals surface area contributed by atoms with Crippen LogP contribution in [-0.4, -0.2) is 18.0 Å². The van der Waals surface area contributed by atoms with Crippen molar-refractivity contribution in [1.82, 2.24) is 4.98 Å². The van der Waals surface area contributed by atoms with Crippen LogP contribution in [0.3, 0.4) is 0 Å². The fourth-order valence-corrected chi connectivity index (χ4v) is 8.49. The maximum Gasteiger partial charge on any atom is 0.232 e. The molecule has 5 aliphatic rings. The van der Waals surface area contributed by atoms with Crippen LogP contribution in [0.1, 0.15) is 67.5 Å². The molecule has 4 fully saturated rings. The van der Waals surface area contributed by atoms with Crippen LogP contribution in [0.2, 0.25) is 0 Å². The Morgan fingerprint density at radius 3 is 2.53 bits per heavy atom. The fourth-order valence-electron chi connectivity index (χ4n) is 7.45. The van der Waals surface area contributed by atoms with Crippen molar-refractivity contribution in [2.45, 2.75) is 69.6 Å². The molecule has 1 aromatic carbocycles. The summed E-state index contributed by atoms with van der Waals surface area (Å²) >= 11 is 1.71. The van der Waals surface area contributed by atoms with Gasteiger partial charge in [-0.15, -0.1) is 11.3 Å². The summed E-state index contributed by atoms with van der Waals surface area (Å²) in [5.74, 6) is 2.48. The highest BCUT2D eigenvalue weighted by molar-refractivity contribution is 7.15. The molecule has 2 unspecified atom stereocenters. The van der Waals surface area contributed by atoms with Crippen molar-refractivity contribution in [1.29, 1.82) is 0 Å². The Labute approximate surface area is 182 Å². The SMILES string of the molecule is COc1ccc(C23CC4CC(CC(C(=O)Nc5nc6c(s5)CCCC6)(C4)C2)C3)cc1. The molecule has 4 bridgehead atoms. The van der Waals surface area contributed by atoms with E-state index in [1.807, 2.05) is 0 Å². The number of hydrogen-bond donors (Lipinski definition) is 1. The highest BCUT2D eigenvalue weighted by Gasteiger charge is 2.61. The second-order valence-corrected chi connectivity index (χ2v) is 11.4. The van der Waals surface area contributed by atoms with E-state index in [-0.39, 0.29) is 16.7 Å². The van der Waals surface area contributed by atoms with Crippen LogP contribution in [0.25, 0.3) is 0 Å². The zero-order valence-electron chi connectivity index (χ0n) is 17.7. The summed E-state index contributed by atoms with van der Waals surface area (Å²) in [6.45, 7) is 0. The lowest BCUT2D eigenvalue weighted by Gasteiger charge is -2.61.